The molecule has 0 heterocycles. The van der Waals surface area contributed by atoms with Gasteiger partial charge in [0.15, 0.2) is 0 Å². The summed E-state index contributed by atoms with van der Waals surface area (Å²) in [7, 11) is 1.62. The van der Waals surface area contributed by atoms with Crippen LogP contribution < -0.4 is 5.73 Å². The van der Waals surface area contributed by atoms with Crippen molar-refractivity contribution in [2.45, 2.75) is 25.4 Å². The van der Waals surface area contributed by atoms with Crippen molar-refractivity contribution < 1.29 is 22.7 Å². The minimum Gasteiger partial charge on any atom is -0.394 e. The molecule has 0 bridgehead atoms. The molecule has 1 rings (SSSR count). The zero-order chi connectivity index (χ0) is 16.4. The first-order valence-corrected chi connectivity index (χ1v) is 7.04. The molecule has 0 radical (unpaired) electrons. The molecule has 0 aliphatic carbocycles. The molecule has 132 valence electrons. The highest BCUT2D eigenvalue weighted by Gasteiger charge is 2.30. The van der Waals surface area contributed by atoms with Crippen LogP contribution in [0.3, 0.4) is 0 Å². The largest absolute Gasteiger partial charge is 0.416 e. The van der Waals surface area contributed by atoms with Gasteiger partial charge in [-0.25, -0.2) is 0 Å². The quantitative estimate of drug-likeness (QED) is 0.391. The number of rotatable bonds is 9. The van der Waals surface area contributed by atoms with E-state index in [1.165, 1.54) is 12.1 Å². The standard InChI is InChI=1S/C15H21F3N2O2.BrH/c1-21-10-3-2-4-14(20-22-11-9-19)12-5-7-13(8-6-12)15(16,17)18;/h5-8H,2-4,9-11,19H2,1H3;1H/b20-14-;. The normalized spacial score (nSPS) is 12.0. The molecule has 0 fully saturated rings. The summed E-state index contributed by atoms with van der Waals surface area (Å²) in [6.07, 6.45) is -2.10. The molecule has 1 aromatic rings. The van der Waals surface area contributed by atoms with Gasteiger partial charge in [-0.15, -0.1) is 17.0 Å². The molecule has 0 unspecified atom stereocenters. The van der Waals surface area contributed by atoms with Gasteiger partial charge in [0.2, 0.25) is 0 Å². The van der Waals surface area contributed by atoms with Gasteiger partial charge in [0.05, 0.1) is 11.3 Å². The predicted octanol–water partition coefficient (Wildman–Crippen LogP) is 3.78. The summed E-state index contributed by atoms with van der Waals surface area (Å²) >= 11 is 0. The molecule has 0 aliphatic rings. The summed E-state index contributed by atoms with van der Waals surface area (Å²) in [5.41, 5.74) is 5.87. The van der Waals surface area contributed by atoms with Crippen LogP contribution in [-0.4, -0.2) is 32.6 Å². The number of halogens is 4. The zero-order valence-electron chi connectivity index (χ0n) is 12.9. The molecule has 0 amide bonds. The van der Waals surface area contributed by atoms with Crippen LogP contribution >= 0.6 is 17.0 Å². The van der Waals surface area contributed by atoms with Gasteiger partial charge in [0.25, 0.3) is 0 Å². The number of oxime groups is 1. The molecular formula is C15H22BrF3N2O2. The maximum atomic E-state index is 12.6. The fourth-order valence-electron chi connectivity index (χ4n) is 1.81. The Balaban J connectivity index is 0.00000484. The molecule has 0 aliphatic heterocycles. The second kappa shape index (κ2) is 11.4. The van der Waals surface area contributed by atoms with Crippen molar-refractivity contribution in [2.24, 2.45) is 10.9 Å². The van der Waals surface area contributed by atoms with Gasteiger partial charge in [0.1, 0.15) is 6.61 Å². The fraction of sp³-hybridized carbons (Fsp3) is 0.533. The summed E-state index contributed by atoms with van der Waals surface area (Å²) in [4.78, 5) is 5.06. The maximum Gasteiger partial charge on any atom is 0.416 e. The number of alkyl halides is 3. The average molecular weight is 399 g/mol. The molecule has 0 saturated carbocycles. The third-order valence-corrected chi connectivity index (χ3v) is 2.94. The molecule has 0 atom stereocenters. The van der Waals surface area contributed by atoms with Crippen molar-refractivity contribution in [3.05, 3.63) is 35.4 Å². The molecule has 23 heavy (non-hydrogen) atoms. The number of unbranched alkanes of at least 4 members (excludes halogenated alkanes) is 1. The van der Waals surface area contributed by atoms with Crippen molar-refractivity contribution in [3.8, 4) is 0 Å². The van der Waals surface area contributed by atoms with E-state index in [0.29, 0.717) is 30.8 Å². The summed E-state index contributed by atoms with van der Waals surface area (Å²) in [6.45, 7) is 1.22. The van der Waals surface area contributed by atoms with Crippen LogP contribution in [0.2, 0.25) is 0 Å². The summed E-state index contributed by atoms with van der Waals surface area (Å²) < 4.78 is 42.7. The monoisotopic (exact) mass is 398 g/mol. The van der Waals surface area contributed by atoms with Crippen LogP contribution in [0.15, 0.2) is 29.4 Å². The summed E-state index contributed by atoms with van der Waals surface area (Å²) in [5, 5.41) is 3.99. The Bertz CT molecular complexity index is 465. The van der Waals surface area contributed by atoms with E-state index in [1.54, 1.807) is 7.11 Å². The van der Waals surface area contributed by atoms with Crippen LogP contribution in [0.25, 0.3) is 0 Å². The molecule has 2 N–H and O–H groups in total. The van der Waals surface area contributed by atoms with E-state index in [0.717, 1.165) is 25.0 Å². The third-order valence-electron chi connectivity index (χ3n) is 2.94. The molecular weight excluding hydrogens is 377 g/mol. The Morgan fingerprint density at radius 1 is 1.13 bits per heavy atom. The molecule has 0 saturated heterocycles. The Kier molecular flexibility index (Phi) is 10.9. The van der Waals surface area contributed by atoms with E-state index in [9.17, 15) is 13.2 Å². The first-order chi connectivity index (χ1) is 10.5. The molecule has 8 heteroatoms. The van der Waals surface area contributed by atoms with Crippen molar-refractivity contribution in [3.63, 3.8) is 0 Å². The first-order valence-electron chi connectivity index (χ1n) is 7.04. The van der Waals surface area contributed by atoms with E-state index in [-0.39, 0.29) is 23.6 Å². The Morgan fingerprint density at radius 2 is 1.78 bits per heavy atom. The van der Waals surface area contributed by atoms with Crippen molar-refractivity contribution in [1.82, 2.24) is 0 Å². The molecule has 0 aromatic heterocycles. The van der Waals surface area contributed by atoms with Crippen LogP contribution in [-0.2, 0) is 15.8 Å². The lowest BCUT2D eigenvalue weighted by atomic mass is 10.0. The van der Waals surface area contributed by atoms with E-state index < -0.39 is 11.7 Å². The maximum absolute atomic E-state index is 12.6. The lowest BCUT2D eigenvalue weighted by molar-refractivity contribution is -0.137. The van der Waals surface area contributed by atoms with Crippen LogP contribution in [0.4, 0.5) is 13.2 Å². The fourth-order valence-corrected chi connectivity index (χ4v) is 1.81. The second-order valence-corrected chi connectivity index (χ2v) is 4.68. The SMILES string of the molecule is Br.COCCCC/C(=N/OCCN)c1ccc(C(F)(F)F)cc1. The van der Waals surface area contributed by atoms with Crippen LogP contribution in [0.5, 0.6) is 0 Å². The van der Waals surface area contributed by atoms with E-state index in [2.05, 4.69) is 5.16 Å². The number of nitrogens with two attached hydrogens (primary N) is 1. The minimum atomic E-state index is -4.34. The highest BCUT2D eigenvalue weighted by atomic mass is 79.9. The Hall–Kier alpha value is -1.12. The van der Waals surface area contributed by atoms with Crippen LogP contribution in [0, 0.1) is 0 Å². The number of benzene rings is 1. The van der Waals surface area contributed by atoms with Gasteiger partial charge in [0, 0.05) is 20.3 Å². The Labute approximate surface area is 144 Å². The van der Waals surface area contributed by atoms with E-state index >= 15 is 0 Å². The number of ether oxygens (including phenoxy) is 1. The van der Waals surface area contributed by atoms with E-state index in [4.69, 9.17) is 15.3 Å². The topological polar surface area (TPSA) is 56.8 Å². The van der Waals surface area contributed by atoms with Gasteiger partial charge in [-0.3, -0.25) is 0 Å². The van der Waals surface area contributed by atoms with Gasteiger partial charge in [-0.05, 0) is 37.0 Å². The number of hydrogen-bond acceptors (Lipinski definition) is 4. The minimum absolute atomic E-state index is 0. The number of methoxy groups -OCH3 is 1. The lowest BCUT2D eigenvalue weighted by Gasteiger charge is -2.10. The predicted molar refractivity (Wildman–Crippen MR) is 89.0 cm³/mol. The first kappa shape index (κ1) is 21.9. The van der Waals surface area contributed by atoms with Crippen molar-refractivity contribution in [1.29, 1.82) is 0 Å². The Morgan fingerprint density at radius 3 is 2.30 bits per heavy atom. The van der Waals surface area contributed by atoms with Gasteiger partial charge < -0.3 is 15.3 Å². The highest BCUT2D eigenvalue weighted by molar-refractivity contribution is 8.93. The van der Waals surface area contributed by atoms with Gasteiger partial charge >= 0.3 is 6.18 Å². The third kappa shape index (κ3) is 8.34. The summed E-state index contributed by atoms with van der Waals surface area (Å²) in [6, 6.07) is 4.90. The number of hydrogen-bond donors (Lipinski definition) is 1. The van der Waals surface area contributed by atoms with Gasteiger partial charge in [-0.2, -0.15) is 13.2 Å². The smallest absolute Gasteiger partial charge is 0.394 e. The molecule has 0 spiro atoms. The molecule has 4 nitrogen and oxygen atoms in total. The zero-order valence-corrected chi connectivity index (χ0v) is 14.6. The van der Waals surface area contributed by atoms with Crippen molar-refractivity contribution >= 4 is 22.7 Å². The molecule has 1 aromatic carbocycles. The van der Waals surface area contributed by atoms with E-state index in [1.807, 2.05) is 0 Å². The highest BCUT2D eigenvalue weighted by Crippen LogP contribution is 2.29. The average Bonchev–Trinajstić information content (AvgIpc) is 2.49. The summed E-state index contributed by atoms with van der Waals surface area (Å²) in [5.74, 6) is 0. The second-order valence-electron chi connectivity index (χ2n) is 4.68. The van der Waals surface area contributed by atoms with Crippen molar-refractivity contribution in [2.75, 3.05) is 26.9 Å². The van der Waals surface area contributed by atoms with Crippen LogP contribution in [0.1, 0.15) is 30.4 Å². The lowest BCUT2D eigenvalue weighted by Crippen LogP contribution is -2.09. The number of nitrogens with zero attached hydrogens (tertiary/aromatic N) is 1. The van der Waals surface area contributed by atoms with Gasteiger partial charge in [-0.1, -0.05) is 17.3 Å².